The van der Waals surface area contributed by atoms with Gasteiger partial charge in [-0.1, -0.05) is 17.3 Å². The fourth-order valence-corrected chi connectivity index (χ4v) is 2.72. The summed E-state index contributed by atoms with van der Waals surface area (Å²) in [6, 6.07) is 0.230. The van der Waals surface area contributed by atoms with E-state index in [1.54, 1.807) is 4.90 Å². The lowest BCUT2D eigenvalue weighted by atomic mass is 9.96. The van der Waals surface area contributed by atoms with Gasteiger partial charge in [-0.3, -0.25) is 9.69 Å². The maximum absolute atomic E-state index is 10.7. The molecule has 1 aliphatic heterocycles. The summed E-state index contributed by atoms with van der Waals surface area (Å²) < 4.78 is 0. The van der Waals surface area contributed by atoms with E-state index in [1.165, 1.54) is 0 Å². The van der Waals surface area contributed by atoms with Crippen molar-refractivity contribution in [2.75, 3.05) is 26.2 Å². The molecular weight excluding hydrogens is 230 g/mol. The molecular formula is C13H21N3O2. The third kappa shape index (κ3) is 3.10. The minimum atomic E-state index is 0.230. The predicted molar refractivity (Wildman–Crippen MR) is 69.8 cm³/mol. The Labute approximate surface area is 108 Å². The molecule has 1 atom stereocenters. The first-order valence-electron chi connectivity index (χ1n) is 6.64. The molecule has 0 spiro atoms. The second-order valence-corrected chi connectivity index (χ2v) is 4.87. The number of carbonyl (C=O) groups is 1. The summed E-state index contributed by atoms with van der Waals surface area (Å²) in [6.45, 7) is 3.28. The summed E-state index contributed by atoms with van der Waals surface area (Å²) in [5, 5.41) is 12.7. The van der Waals surface area contributed by atoms with E-state index in [0.29, 0.717) is 0 Å². The van der Waals surface area contributed by atoms with Crippen molar-refractivity contribution in [1.29, 1.82) is 0 Å². The van der Waals surface area contributed by atoms with Crippen LogP contribution in [0.2, 0.25) is 0 Å². The van der Waals surface area contributed by atoms with Crippen molar-refractivity contribution in [2.45, 2.75) is 31.7 Å². The molecule has 0 radical (unpaired) electrons. The highest BCUT2D eigenvalue weighted by molar-refractivity contribution is 5.89. The number of carbonyl (C=O) groups excluding carboxylic acids is 1. The van der Waals surface area contributed by atoms with Gasteiger partial charge in [0.05, 0.1) is 11.8 Å². The van der Waals surface area contributed by atoms with Crippen molar-refractivity contribution < 1.29 is 10.0 Å². The quantitative estimate of drug-likeness (QED) is 0.346. The average Bonchev–Trinajstić information content (AvgIpc) is 2.39. The van der Waals surface area contributed by atoms with Gasteiger partial charge in [-0.25, -0.2) is 0 Å². The summed E-state index contributed by atoms with van der Waals surface area (Å²) in [7, 11) is 0. The number of allylic oxidation sites excluding steroid dienone is 2. The Morgan fingerprint density at radius 2 is 1.94 bits per heavy atom. The molecule has 2 aliphatic rings. The molecule has 1 aliphatic carbocycles. The van der Waals surface area contributed by atoms with Gasteiger partial charge in [0.1, 0.15) is 0 Å². The SMILES string of the molecule is O=CN1CCN([C@H]2CCC=CCC/C2=N/O)CC1. The standard InChI is InChI=1S/C13H21N3O2/c17-11-15-7-9-16(10-8-15)13-6-4-2-1-3-5-12(13)14-18/h1-2,11,13,18H,3-10H2/b2-1?,14-12-/t13-/m0/s1. The number of nitrogens with zero attached hydrogens (tertiary/aromatic N) is 3. The van der Waals surface area contributed by atoms with Crippen LogP contribution in [0, 0.1) is 0 Å². The van der Waals surface area contributed by atoms with E-state index in [4.69, 9.17) is 0 Å². The summed E-state index contributed by atoms with van der Waals surface area (Å²) in [4.78, 5) is 14.8. The van der Waals surface area contributed by atoms with E-state index >= 15 is 0 Å². The second-order valence-electron chi connectivity index (χ2n) is 4.87. The van der Waals surface area contributed by atoms with Gasteiger partial charge >= 0.3 is 0 Å². The van der Waals surface area contributed by atoms with Gasteiger partial charge in [-0.2, -0.15) is 0 Å². The maximum atomic E-state index is 10.7. The molecule has 5 nitrogen and oxygen atoms in total. The van der Waals surface area contributed by atoms with E-state index in [-0.39, 0.29) is 6.04 Å². The molecule has 2 rings (SSSR count). The van der Waals surface area contributed by atoms with Gasteiger partial charge in [0.15, 0.2) is 0 Å². The highest BCUT2D eigenvalue weighted by Gasteiger charge is 2.27. The highest BCUT2D eigenvalue weighted by Crippen LogP contribution is 2.18. The molecule has 0 unspecified atom stereocenters. The Morgan fingerprint density at radius 1 is 1.22 bits per heavy atom. The molecule has 0 aromatic carbocycles. The minimum Gasteiger partial charge on any atom is -0.411 e. The highest BCUT2D eigenvalue weighted by atomic mass is 16.4. The minimum absolute atomic E-state index is 0.230. The summed E-state index contributed by atoms with van der Waals surface area (Å²) in [6.07, 6.45) is 9.08. The van der Waals surface area contributed by atoms with Gasteiger partial charge in [-0.05, 0) is 25.7 Å². The first kappa shape index (κ1) is 13.1. The van der Waals surface area contributed by atoms with E-state index in [2.05, 4.69) is 22.2 Å². The third-order valence-electron chi connectivity index (χ3n) is 3.79. The van der Waals surface area contributed by atoms with Crippen LogP contribution < -0.4 is 0 Å². The van der Waals surface area contributed by atoms with Crippen LogP contribution in [-0.4, -0.2) is 59.3 Å². The van der Waals surface area contributed by atoms with Crippen LogP contribution in [-0.2, 0) is 4.79 Å². The molecule has 0 aromatic heterocycles. The van der Waals surface area contributed by atoms with Gasteiger partial charge < -0.3 is 10.1 Å². The number of rotatable bonds is 2. The lowest BCUT2D eigenvalue weighted by Crippen LogP contribution is -2.52. The van der Waals surface area contributed by atoms with Crippen LogP contribution in [0.3, 0.4) is 0 Å². The Bertz CT molecular complexity index is 333. The van der Waals surface area contributed by atoms with Crippen LogP contribution in [0.1, 0.15) is 25.7 Å². The Morgan fingerprint density at radius 3 is 2.61 bits per heavy atom. The zero-order chi connectivity index (χ0) is 12.8. The summed E-state index contributed by atoms with van der Waals surface area (Å²) in [5.41, 5.74) is 0.888. The summed E-state index contributed by atoms with van der Waals surface area (Å²) in [5.74, 6) is 0. The molecule has 1 heterocycles. The molecule has 1 saturated heterocycles. The van der Waals surface area contributed by atoms with E-state index in [9.17, 15) is 10.0 Å². The van der Waals surface area contributed by atoms with Crippen LogP contribution in [0.15, 0.2) is 17.3 Å². The van der Waals surface area contributed by atoms with Crippen molar-refractivity contribution in [3.63, 3.8) is 0 Å². The molecule has 1 fully saturated rings. The second kappa shape index (κ2) is 6.54. The normalized spacial score (nSPS) is 29.0. The van der Waals surface area contributed by atoms with Gasteiger partial charge in [0.25, 0.3) is 0 Å². The average molecular weight is 251 g/mol. The molecule has 0 aromatic rings. The first-order chi connectivity index (χ1) is 8.85. The largest absolute Gasteiger partial charge is 0.411 e. The van der Waals surface area contributed by atoms with E-state index in [1.807, 2.05) is 0 Å². The monoisotopic (exact) mass is 251 g/mol. The Hall–Kier alpha value is -1.36. The van der Waals surface area contributed by atoms with Gasteiger partial charge in [-0.15, -0.1) is 0 Å². The molecule has 5 heteroatoms. The Kier molecular flexibility index (Phi) is 4.75. The van der Waals surface area contributed by atoms with Crippen molar-refractivity contribution in [2.24, 2.45) is 5.16 Å². The Balaban J connectivity index is 2.00. The lowest BCUT2D eigenvalue weighted by molar-refractivity contribution is -0.119. The number of hydrogen-bond donors (Lipinski definition) is 1. The zero-order valence-corrected chi connectivity index (χ0v) is 10.7. The van der Waals surface area contributed by atoms with Crippen molar-refractivity contribution >= 4 is 12.1 Å². The maximum Gasteiger partial charge on any atom is 0.209 e. The van der Waals surface area contributed by atoms with Crippen LogP contribution in [0.25, 0.3) is 0 Å². The van der Waals surface area contributed by atoms with Crippen LogP contribution in [0.4, 0.5) is 0 Å². The predicted octanol–water partition coefficient (Wildman–Crippen LogP) is 1.09. The van der Waals surface area contributed by atoms with Crippen molar-refractivity contribution in [3.8, 4) is 0 Å². The molecule has 100 valence electrons. The van der Waals surface area contributed by atoms with Crippen LogP contribution >= 0.6 is 0 Å². The van der Waals surface area contributed by atoms with Crippen LogP contribution in [0.5, 0.6) is 0 Å². The molecule has 0 saturated carbocycles. The molecule has 18 heavy (non-hydrogen) atoms. The fraction of sp³-hybridized carbons (Fsp3) is 0.692. The smallest absolute Gasteiger partial charge is 0.209 e. The van der Waals surface area contributed by atoms with E-state index in [0.717, 1.165) is 64.0 Å². The summed E-state index contributed by atoms with van der Waals surface area (Å²) >= 11 is 0. The number of amides is 1. The van der Waals surface area contributed by atoms with E-state index < -0.39 is 0 Å². The topological polar surface area (TPSA) is 56.1 Å². The van der Waals surface area contributed by atoms with Gasteiger partial charge in [0, 0.05) is 26.2 Å². The molecule has 0 bridgehead atoms. The third-order valence-corrected chi connectivity index (χ3v) is 3.79. The lowest BCUT2D eigenvalue weighted by Gasteiger charge is -2.38. The number of hydrogen-bond acceptors (Lipinski definition) is 4. The molecule has 1 N–H and O–H groups in total. The van der Waals surface area contributed by atoms with Crippen molar-refractivity contribution in [3.05, 3.63) is 12.2 Å². The van der Waals surface area contributed by atoms with Crippen molar-refractivity contribution in [1.82, 2.24) is 9.80 Å². The number of oxime groups is 1. The zero-order valence-electron chi connectivity index (χ0n) is 10.7. The first-order valence-corrected chi connectivity index (χ1v) is 6.64. The molecule has 1 amide bonds. The fourth-order valence-electron chi connectivity index (χ4n) is 2.72. The van der Waals surface area contributed by atoms with Gasteiger partial charge in [0.2, 0.25) is 6.41 Å². The number of piperazine rings is 1.